The molecular weight excluding hydrogens is 418 g/mol. The Morgan fingerprint density at radius 2 is 2.03 bits per heavy atom. The summed E-state index contributed by atoms with van der Waals surface area (Å²) in [4.78, 5) is 36.8. The number of rotatable bonds is 5. The lowest BCUT2D eigenvalue weighted by atomic mass is 9.74. The molecule has 33 heavy (non-hydrogen) atoms. The zero-order chi connectivity index (χ0) is 22.8. The number of benzene rings is 1. The number of fused-ring (bicyclic) bond motifs is 2. The van der Waals surface area contributed by atoms with E-state index in [0.717, 1.165) is 37.3 Å². The van der Waals surface area contributed by atoms with Gasteiger partial charge in [0.2, 0.25) is 11.9 Å². The van der Waals surface area contributed by atoms with Gasteiger partial charge < -0.3 is 26.3 Å². The molecule has 3 aromatic rings. The number of anilines is 3. The second-order valence-electron chi connectivity index (χ2n) is 8.34. The highest BCUT2D eigenvalue weighted by Gasteiger charge is 2.42. The van der Waals surface area contributed by atoms with E-state index in [1.807, 2.05) is 24.3 Å². The molecule has 0 radical (unpaired) electrons. The van der Waals surface area contributed by atoms with Crippen molar-refractivity contribution in [3.05, 3.63) is 66.5 Å². The average molecular weight is 444 g/mol. The number of aromatic amines is 1. The van der Waals surface area contributed by atoms with Gasteiger partial charge in [0.05, 0.1) is 28.3 Å². The van der Waals surface area contributed by atoms with Crippen LogP contribution in [0.4, 0.5) is 17.3 Å². The van der Waals surface area contributed by atoms with Crippen LogP contribution >= 0.6 is 0 Å². The predicted molar refractivity (Wildman–Crippen MR) is 126 cm³/mol. The van der Waals surface area contributed by atoms with E-state index in [1.165, 1.54) is 6.08 Å². The third kappa shape index (κ3) is 3.98. The van der Waals surface area contributed by atoms with Crippen LogP contribution in [0.3, 0.4) is 0 Å². The fourth-order valence-electron chi connectivity index (χ4n) is 4.53. The maximum absolute atomic E-state index is 12.6. The van der Waals surface area contributed by atoms with Crippen LogP contribution in [0.25, 0.3) is 11.4 Å². The quantitative estimate of drug-likeness (QED) is 0.386. The smallest absolute Gasteiger partial charge is 0.253 e. The second kappa shape index (κ2) is 8.51. The molecule has 1 unspecified atom stereocenters. The Morgan fingerprint density at radius 1 is 1.18 bits per heavy atom. The number of para-hydroxylation sites is 2. The SMILES string of the molecule is C=CC(=O)Nc1ccccc1Nc1nccc(-c2cc3c([nH]2)C2(CCCNC2)CNC3=O)n1. The van der Waals surface area contributed by atoms with Gasteiger partial charge in [-0.05, 0) is 49.7 Å². The van der Waals surface area contributed by atoms with Crippen molar-refractivity contribution in [1.82, 2.24) is 25.6 Å². The maximum Gasteiger partial charge on any atom is 0.253 e. The number of H-pyrrole nitrogens is 1. The van der Waals surface area contributed by atoms with Crippen LogP contribution in [0, 0.1) is 0 Å². The third-order valence-electron chi connectivity index (χ3n) is 6.20. The summed E-state index contributed by atoms with van der Waals surface area (Å²) in [6.45, 7) is 5.93. The minimum Gasteiger partial charge on any atom is -0.356 e. The molecule has 2 amide bonds. The Kier molecular flexibility index (Phi) is 5.39. The lowest BCUT2D eigenvalue weighted by Gasteiger charge is -2.40. The van der Waals surface area contributed by atoms with E-state index in [4.69, 9.17) is 0 Å². The summed E-state index contributed by atoms with van der Waals surface area (Å²) in [5.41, 5.74) is 4.19. The number of amides is 2. The van der Waals surface area contributed by atoms with Crippen molar-refractivity contribution in [3.8, 4) is 11.4 Å². The van der Waals surface area contributed by atoms with E-state index >= 15 is 0 Å². The van der Waals surface area contributed by atoms with Gasteiger partial charge in [0.1, 0.15) is 0 Å². The van der Waals surface area contributed by atoms with Crippen LogP contribution in [0.5, 0.6) is 0 Å². The first-order valence-corrected chi connectivity index (χ1v) is 10.9. The number of aromatic nitrogens is 3. The van der Waals surface area contributed by atoms with Gasteiger partial charge in [-0.1, -0.05) is 18.7 Å². The maximum atomic E-state index is 12.6. The summed E-state index contributed by atoms with van der Waals surface area (Å²) in [6, 6.07) is 11.0. The Balaban J connectivity index is 1.46. The lowest BCUT2D eigenvalue weighted by molar-refractivity contribution is -0.111. The van der Waals surface area contributed by atoms with Crippen molar-refractivity contribution in [1.29, 1.82) is 0 Å². The van der Waals surface area contributed by atoms with Gasteiger partial charge in [-0.2, -0.15) is 0 Å². The van der Waals surface area contributed by atoms with Crippen molar-refractivity contribution in [2.24, 2.45) is 0 Å². The number of nitrogens with one attached hydrogen (secondary N) is 5. The molecule has 1 fully saturated rings. The first-order chi connectivity index (χ1) is 16.1. The molecule has 4 heterocycles. The molecule has 0 bridgehead atoms. The highest BCUT2D eigenvalue weighted by atomic mass is 16.2. The minimum absolute atomic E-state index is 0.0667. The Labute approximate surface area is 191 Å². The Morgan fingerprint density at radius 3 is 2.82 bits per heavy atom. The first-order valence-electron chi connectivity index (χ1n) is 10.9. The highest BCUT2D eigenvalue weighted by molar-refractivity contribution is 6.01. The number of carbonyl (C=O) groups is 2. The number of carbonyl (C=O) groups excluding carboxylic acids is 2. The number of hydrogen-bond donors (Lipinski definition) is 5. The second-order valence-corrected chi connectivity index (χ2v) is 8.34. The van der Waals surface area contributed by atoms with Crippen molar-refractivity contribution < 1.29 is 9.59 Å². The molecule has 5 N–H and O–H groups in total. The van der Waals surface area contributed by atoms with Gasteiger partial charge in [0.15, 0.2) is 0 Å². The Hall–Kier alpha value is -3.98. The molecule has 5 rings (SSSR count). The molecule has 1 atom stereocenters. The highest BCUT2D eigenvalue weighted by Crippen LogP contribution is 2.37. The van der Waals surface area contributed by atoms with Gasteiger partial charge in [0.25, 0.3) is 5.91 Å². The number of hydrogen-bond acceptors (Lipinski definition) is 6. The predicted octanol–water partition coefficient (Wildman–Crippen LogP) is 2.70. The summed E-state index contributed by atoms with van der Waals surface area (Å²) in [5.74, 6) is 0.00200. The number of piperidine rings is 1. The molecule has 0 aliphatic carbocycles. The van der Waals surface area contributed by atoms with Crippen molar-refractivity contribution in [2.75, 3.05) is 30.3 Å². The summed E-state index contributed by atoms with van der Waals surface area (Å²) in [7, 11) is 0. The molecule has 9 nitrogen and oxygen atoms in total. The standard InChI is InChI=1S/C24H25N7O2/c1-2-20(32)28-16-6-3-4-7-17(16)30-23-26-11-8-18(31-23)19-12-15-21(29-19)24(14-27-22(15)33)9-5-10-25-13-24/h2-4,6-8,11-12,25,29H,1,5,9-10,13-14H2,(H,27,33)(H,28,32)(H,26,30,31). The molecule has 168 valence electrons. The van der Waals surface area contributed by atoms with Crippen LogP contribution in [-0.4, -0.2) is 46.4 Å². The average Bonchev–Trinajstić information content (AvgIpc) is 3.31. The lowest BCUT2D eigenvalue weighted by Crippen LogP contribution is -2.54. The minimum atomic E-state index is -0.305. The fraction of sp³-hybridized carbons (Fsp3) is 0.250. The number of nitrogens with zero attached hydrogens (tertiary/aromatic N) is 2. The van der Waals surface area contributed by atoms with Gasteiger partial charge in [-0.3, -0.25) is 9.59 Å². The molecule has 2 aromatic heterocycles. The third-order valence-corrected chi connectivity index (χ3v) is 6.20. The molecule has 2 aliphatic heterocycles. The van der Waals surface area contributed by atoms with Crippen molar-refractivity contribution in [3.63, 3.8) is 0 Å². The van der Waals surface area contributed by atoms with Crippen molar-refractivity contribution >= 4 is 29.1 Å². The van der Waals surface area contributed by atoms with Gasteiger partial charge in [-0.15, -0.1) is 0 Å². The normalized spacial score (nSPS) is 19.5. The van der Waals surface area contributed by atoms with Gasteiger partial charge in [-0.25, -0.2) is 9.97 Å². The molecule has 1 spiro atoms. The van der Waals surface area contributed by atoms with Crippen LogP contribution in [0.2, 0.25) is 0 Å². The van der Waals surface area contributed by atoms with Crippen LogP contribution in [0.1, 0.15) is 28.9 Å². The summed E-state index contributed by atoms with van der Waals surface area (Å²) in [5, 5.41) is 12.4. The molecule has 0 saturated carbocycles. The molecular formula is C24H25N7O2. The topological polar surface area (TPSA) is 124 Å². The van der Waals surface area contributed by atoms with E-state index in [2.05, 4.69) is 42.8 Å². The molecule has 9 heteroatoms. The van der Waals surface area contributed by atoms with E-state index in [1.54, 1.807) is 18.3 Å². The largest absolute Gasteiger partial charge is 0.356 e. The fourth-order valence-corrected chi connectivity index (χ4v) is 4.53. The van der Waals surface area contributed by atoms with Gasteiger partial charge in [0, 0.05) is 30.4 Å². The molecule has 2 aliphatic rings. The van der Waals surface area contributed by atoms with Gasteiger partial charge >= 0.3 is 0 Å². The molecule has 1 saturated heterocycles. The summed E-state index contributed by atoms with van der Waals surface area (Å²) < 4.78 is 0. The monoisotopic (exact) mass is 443 g/mol. The van der Waals surface area contributed by atoms with Crippen LogP contribution in [0.15, 0.2) is 55.3 Å². The van der Waals surface area contributed by atoms with E-state index in [0.29, 0.717) is 35.1 Å². The first kappa shape index (κ1) is 20.9. The van der Waals surface area contributed by atoms with E-state index < -0.39 is 0 Å². The van der Waals surface area contributed by atoms with E-state index in [-0.39, 0.29) is 17.2 Å². The zero-order valence-corrected chi connectivity index (χ0v) is 18.1. The van der Waals surface area contributed by atoms with E-state index in [9.17, 15) is 9.59 Å². The Bertz CT molecular complexity index is 1230. The van der Waals surface area contributed by atoms with Crippen LogP contribution in [-0.2, 0) is 10.2 Å². The zero-order valence-electron chi connectivity index (χ0n) is 18.1. The summed E-state index contributed by atoms with van der Waals surface area (Å²) in [6.07, 6.45) is 4.95. The van der Waals surface area contributed by atoms with Crippen LogP contribution < -0.4 is 21.3 Å². The molecule has 1 aromatic carbocycles. The van der Waals surface area contributed by atoms with Crippen molar-refractivity contribution in [2.45, 2.75) is 18.3 Å². The summed E-state index contributed by atoms with van der Waals surface area (Å²) >= 11 is 0.